The molecule has 1 atom stereocenters. The summed E-state index contributed by atoms with van der Waals surface area (Å²) in [6.45, 7) is 0. The molecule has 0 aliphatic rings. The molecule has 1 unspecified atom stereocenters. The summed E-state index contributed by atoms with van der Waals surface area (Å²) in [5, 5.41) is 11.8. The molecule has 8 heteroatoms. The summed E-state index contributed by atoms with van der Waals surface area (Å²) >= 11 is 0. The van der Waals surface area contributed by atoms with Crippen LogP contribution in [0.15, 0.2) is 59.5 Å². The van der Waals surface area contributed by atoms with Crippen molar-refractivity contribution in [3.05, 3.63) is 65.7 Å². The molecule has 0 saturated heterocycles. The fourth-order valence-electron chi connectivity index (χ4n) is 2.30. The maximum absolute atomic E-state index is 12.4. The van der Waals surface area contributed by atoms with Crippen LogP contribution in [0.25, 0.3) is 0 Å². The van der Waals surface area contributed by atoms with Crippen LogP contribution in [0.3, 0.4) is 0 Å². The van der Waals surface area contributed by atoms with E-state index in [4.69, 9.17) is 0 Å². The first-order valence-electron chi connectivity index (χ1n) is 7.82. The van der Waals surface area contributed by atoms with Crippen molar-refractivity contribution in [3.8, 4) is 0 Å². The molecule has 26 heavy (non-hydrogen) atoms. The Morgan fingerprint density at radius 3 is 2.31 bits per heavy atom. The first-order chi connectivity index (χ1) is 12.2. The molecule has 7 nitrogen and oxygen atoms in total. The van der Waals surface area contributed by atoms with Crippen LogP contribution in [0.2, 0.25) is 0 Å². The second-order valence-corrected chi connectivity index (χ2v) is 8.02. The third-order valence-electron chi connectivity index (χ3n) is 3.76. The van der Waals surface area contributed by atoms with Crippen molar-refractivity contribution in [1.82, 2.24) is 9.62 Å². The molecule has 2 rings (SSSR count). The standard InChI is InChI=1S/C18H20N2O5S/c1-20(2)26(24,25)15-10-6-9-14(12-15)17(21)19-16(18(22)23)11-13-7-4-3-5-8-13/h3-10,12,16H,11H2,1-2H3,(H,19,21)(H,22,23). The number of benzene rings is 2. The molecule has 0 spiro atoms. The normalized spacial score (nSPS) is 12.6. The summed E-state index contributed by atoms with van der Waals surface area (Å²) in [5.41, 5.74) is 0.844. The number of carbonyl (C=O) groups is 2. The minimum absolute atomic E-state index is 0.0370. The Bertz CT molecular complexity index is 895. The van der Waals surface area contributed by atoms with Crippen LogP contribution in [0.1, 0.15) is 15.9 Å². The molecule has 0 aliphatic carbocycles. The maximum Gasteiger partial charge on any atom is 0.326 e. The number of aliphatic carboxylic acids is 1. The maximum atomic E-state index is 12.4. The third kappa shape index (κ3) is 4.68. The average Bonchev–Trinajstić information content (AvgIpc) is 2.61. The molecule has 0 radical (unpaired) electrons. The number of carboxylic acids is 1. The van der Waals surface area contributed by atoms with Gasteiger partial charge < -0.3 is 10.4 Å². The molecule has 138 valence electrons. The summed E-state index contributed by atoms with van der Waals surface area (Å²) in [4.78, 5) is 23.8. The molecule has 2 N–H and O–H groups in total. The molecule has 0 heterocycles. The number of nitrogens with zero attached hydrogens (tertiary/aromatic N) is 1. The molecule has 0 aliphatic heterocycles. The van der Waals surface area contributed by atoms with Gasteiger partial charge in [0.15, 0.2) is 0 Å². The Hall–Kier alpha value is -2.71. The number of hydrogen-bond acceptors (Lipinski definition) is 4. The van der Waals surface area contributed by atoms with Crippen LogP contribution >= 0.6 is 0 Å². The lowest BCUT2D eigenvalue weighted by Gasteiger charge is -2.16. The summed E-state index contributed by atoms with van der Waals surface area (Å²) in [5.74, 6) is -1.82. The van der Waals surface area contributed by atoms with Crippen molar-refractivity contribution < 1.29 is 23.1 Å². The number of carboxylic acid groups (broad SMARTS) is 1. The number of hydrogen-bond donors (Lipinski definition) is 2. The van der Waals surface area contributed by atoms with Gasteiger partial charge in [0.25, 0.3) is 5.91 Å². The van der Waals surface area contributed by atoms with E-state index in [9.17, 15) is 23.1 Å². The highest BCUT2D eigenvalue weighted by Gasteiger charge is 2.23. The van der Waals surface area contributed by atoms with Gasteiger partial charge >= 0.3 is 5.97 Å². The second kappa shape index (κ2) is 8.11. The van der Waals surface area contributed by atoms with E-state index in [-0.39, 0.29) is 16.9 Å². The zero-order valence-electron chi connectivity index (χ0n) is 14.4. The van der Waals surface area contributed by atoms with E-state index >= 15 is 0 Å². The highest BCUT2D eigenvalue weighted by atomic mass is 32.2. The Morgan fingerprint density at radius 1 is 1.08 bits per heavy atom. The van der Waals surface area contributed by atoms with E-state index in [1.807, 2.05) is 6.07 Å². The lowest BCUT2D eigenvalue weighted by atomic mass is 10.1. The Labute approximate surface area is 152 Å². The summed E-state index contributed by atoms with van der Waals surface area (Å²) in [6.07, 6.45) is 0.123. The van der Waals surface area contributed by atoms with Crippen LogP contribution in [-0.4, -0.2) is 49.8 Å². The van der Waals surface area contributed by atoms with Gasteiger partial charge in [-0.1, -0.05) is 36.4 Å². The predicted octanol–water partition coefficient (Wildman–Crippen LogP) is 1.36. The quantitative estimate of drug-likeness (QED) is 0.759. The fraction of sp³-hybridized carbons (Fsp3) is 0.222. The van der Waals surface area contributed by atoms with Crippen molar-refractivity contribution in [2.24, 2.45) is 0 Å². The van der Waals surface area contributed by atoms with Gasteiger partial charge in [0.1, 0.15) is 6.04 Å². The molecule has 0 fully saturated rings. The third-order valence-corrected chi connectivity index (χ3v) is 5.57. The highest BCUT2D eigenvalue weighted by molar-refractivity contribution is 7.89. The van der Waals surface area contributed by atoms with E-state index < -0.39 is 27.9 Å². The minimum Gasteiger partial charge on any atom is -0.480 e. The number of rotatable bonds is 7. The largest absolute Gasteiger partial charge is 0.480 e. The van der Waals surface area contributed by atoms with Gasteiger partial charge in [-0.15, -0.1) is 0 Å². The summed E-state index contributed by atoms with van der Waals surface area (Å²) in [7, 11) is -0.907. The molecule has 0 saturated carbocycles. The number of carbonyl (C=O) groups excluding carboxylic acids is 1. The van der Waals surface area contributed by atoms with Crippen LogP contribution in [0.5, 0.6) is 0 Å². The van der Waals surface area contributed by atoms with E-state index in [1.54, 1.807) is 24.3 Å². The second-order valence-electron chi connectivity index (χ2n) is 5.87. The Balaban J connectivity index is 2.21. The molecule has 2 aromatic rings. The van der Waals surface area contributed by atoms with Gasteiger partial charge in [-0.2, -0.15) is 0 Å². The molecule has 2 aromatic carbocycles. The average molecular weight is 376 g/mol. The van der Waals surface area contributed by atoms with Crippen molar-refractivity contribution in [1.29, 1.82) is 0 Å². The predicted molar refractivity (Wildman–Crippen MR) is 96.4 cm³/mol. The lowest BCUT2D eigenvalue weighted by molar-refractivity contribution is -0.139. The molecule has 0 bridgehead atoms. The first kappa shape index (κ1) is 19.6. The van der Waals surface area contributed by atoms with Gasteiger partial charge in [0.2, 0.25) is 10.0 Å². The number of amides is 1. The Kier molecular flexibility index (Phi) is 6.12. The van der Waals surface area contributed by atoms with Crippen LogP contribution in [0.4, 0.5) is 0 Å². The lowest BCUT2D eigenvalue weighted by Crippen LogP contribution is -2.42. The summed E-state index contributed by atoms with van der Waals surface area (Å²) < 4.78 is 25.4. The first-order valence-corrected chi connectivity index (χ1v) is 9.26. The van der Waals surface area contributed by atoms with Gasteiger partial charge in [-0.3, -0.25) is 4.79 Å². The Morgan fingerprint density at radius 2 is 1.73 bits per heavy atom. The topological polar surface area (TPSA) is 104 Å². The monoisotopic (exact) mass is 376 g/mol. The smallest absolute Gasteiger partial charge is 0.326 e. The minimum atomic E-state index is -3.69. The van der Waals surface area contributed by atoms with Crippen molar-refractivity contribution in [3.63, 3.8) is 0 Å². The molecular weight excluding hydrogens is 356 g/mol. The van der Waals surface area contributed by atoms with E-state index in [2.05, 4.69) is 5.32 Å². The van der Waals surface area contributed by atoms with Gasteiger partial charge in [0, 0.05) is 26.1 Å². The van der Waals surface area contributed by atoms with Crippen LogP contribution in [0, 0.1) is 0 Å². The summed E-state index contributed by atoms with van der Waals surface area (Å²) in [6, 6.07) is 13.3. The highest BCUT2D eigenvalue weighted by Crippen LogP contribution is 2.15. The van der Waals surface area contributed by atoms with E-state index in [0.29, 0.717) is 0 Å². The number of sulfonamides is 1. The molecule has 0 aromatic heterocycles. The molecule has 1 amide bonds. The van der Waals surface area contributed by atoms with E-state index in [0.717, 1.165) is 9.87 Å². The van der Waals surface area contributed by atoms with Crippen molar-refractivity contribution in [2.45, 2.75) is 17.4 Å². The fourth-order valence-corrected chi connectivity index (χ4v) is 3.25. The van der Waals surface area contributed by atoms with Crippen molar-refractivity contribution >= 4 is 21.9 Å². The van der Waals surface area contributed by atoms with Gasteiger partial charge in [-0.05, 0) is 23.8 Å². The molecular formula is C18H20N2O5S. The zero-order chi connectivity index (χ0) is 19.3. The van der Waals surface area contributed by atoms with E-state index in [1.165, 1.54) is 38.4 Å². The van der Waals surface area contributed by atoms with Crippen molar-refractivity contribution in [2.75, 3.05) is 14.1 Å². The number of nitrogens with one attached hydrogen (secondary N) is 1. The van der Waals surface area contributed by atoms with Gasteiger partial charge in [-0.25, -0.2) is 17.5 Å². The van der Waals surface area contributed by atoms with Crippen LogP contribution < -0.4 is 5.32 Å². The van der Waals surface area contributed by atoms with Gasteiger partial charge in [0.05, 0.1) is 4.90 Å². The zero-order valence-corrected chi connectivity index (χ0v) is 15.2. The SMILES string of the molecule is CN(C)S(=O)(=O)c1cccc(C(=O)NC(Cc2ccccc2)C(=O)O)c1. The van der Waals surface area contributed by atoms with Crippen LogP contribution in [-0.2, 0) is 21.2 Å².